The number of nitrogens with zero attached hydrogens (tertiary/aromatic N) is 2. The van der Waals surface area contributed by atoms with Gasteiger partial charge in [0, 0.05) is 25.1 Å². The lowest BCUT2D eigenvalue weighted by Crippen LogP contribution is -2.52. The van der Waals surface area contributed by atoms with Gasteiger partial charge in [-0.1, -0.05) is 36.4 Å². The van der Waals surface area contributed by atoms with Gasteiger partial charge in [0.05, 0.1) is 0 Å². The van der Waals surface area contributed by atoms with E-state index in [9.17, 15) is 29.4 Å². The Hall–Kier alpha value is -3.56. The highest BCUT2D eigenvalue weighted by atomic mass is 16.4. The molecular weight excluding hydrogens is 450 g/mol. The molecule has 9 nitrogen and oxygen atoms in total. The lowest BCUT2D eigenvalue weighted by Gasteiger charge is -2.29. The zero-order valence-corrected chi connectivity index (χ0v) is 19.1. The summed E-state index contributed by atoms with van der Waals surface area (Å²) >= 11 is 0. The summed E-state index contributed by atoms with van der Waals surface area (Å²) < 4.78 is 0. The number of likely N-dealkylation sites (tertiary alicyclic amines) is 1. The van der Waals surface area contributed by atoms with Gasteiger partial charge in [-0.25, -0.2) is 0 Å². The van der Waals surface area contributed by atoms with Gasteiger partial charge in [-0.15, -0.1) is 0 Å². The SMILES string of the molecule is O=C1CCC(N2Cc3c(cccc3C(O)c3ccc(CN4CCCC4C(=O)O)cc3)C2=O)C(=O)N1. The van der Waals surface area contributed by atoms with Crippen LogP contribution >= 0.6 is 0 Å². The normalized spacial score (nSPS) is 23.3. The highest BCUT2D eigenvalue weighted by molar-refractivity contribution is 6.05. The van der Waals surface area contributed by atoms with Crippen molar-refractivity contribution in [3.63, 3.8) is 0 Å². The van der Waals surface area contributed by atoms with Crippen molar-refractivity contribution in [3.8, 4) is 0 Å². The van der Waals surface area contributed by atoms with Crippen LogP contribution in [0.4, 0.5) is 0 Å². The molecule has 0 aromatic heterocycles. The Balaban J connectivity index is 1.33. The van der Waals surface area contributed by atoms with Gasteiger partial charge < -0.3 is 15.1 Å². The van der Waals surface area contributed by atoms with Gasteiger partial charge in [-0.3, -0.25) is 29.4 Å². The molecule has 0 saturated carbocycles. The van der Waals surface area contributed by atoms with E-state index < -0.39 is 30.1 Å². The summed E-state index contributed by atoms with van der Waals surface area (Å²) in [6.07, 6.45) is 1.01. The number of carboxylic acids is 1. The van der Waals surface area contributed by atoms with Gasteiger partial charge in [0.15, 0.2) is 0 Å². The molecular formula is C26H27N3O6. The van der Waals surface area contributed by atoms with E-state index >= 15 is 0 Å². The molecule has 3 aliphatic heterocycles. The van der Waals surface area contributed by atoms with E-state index in [4.69, 9.17) is 0 Å². The summed E-state index contributed by atoms with van der Waals surface area (Å²) in [6.45, 7) is 1.47. The highest BCUT2D eigenvalue weighted by Gasteiger charge is 2.40. The molecule has 9 heteroatoms. The third-order valence-electron chi connectivity index (χ3n) is 7.24. The van der Waals surface area contributed by atoms with E-state index in [1.54, 1.807) is 18.2 Å². The summed E-state index contributed by atoms with van der Waals surface area (Å²) in [5.41, 5.74) is 3.36. The van der Waals surface area contributed by atoms with Crippen LogP contribution in [0.2, 0.25) is 0 Å². The predicted octanol–water partition coefficient (Wildman–Crippen LogP) is 1.58. The number of benzene rings is 2. The standard InChI is InChI=1S/C26H27N3O6/c30-22-11-10-20(24(32)27-22)29-14-19-17(3-1-4-18(19)25(29)33)23(31)16-8-6-15(7-9-16)13-28-12-2-5-21(28)26(34)35/h1,3-4,6-9,20-21,23,31H,2,5,10-14H2,(H,34,35)(H,27,30,32). The van der Waals surface area contributed by atoms with Crippen molar-refractivity contribution >= 4 is 23.7 Å². The smallest absolute Gasteiger partial charge is 0.320 e. The lowest BCUT2D eigenvalue weighted by atomic mass is 9.94. The average molecular weight is 478 g/mol. The number of aliphatic carboxylic acids is 1. The number of fused-ring (bicyclic) bond motifs is 1. The molecule has 2 saturated heterocycles. The molecule has 0 bridgehead atoms. The van der Waals surface area contributed by atoms with E-state index in [-0.39, 0.29) is 31.2 Å². The second-order valence-corrected chi connectivity index (χ2v) is 9.38. The number of rotatable bonds is 6. The van der Waals surface area contributed by atoms with Gasteiger partial charge in [-0.05, 0) is 54.1 Å². The number of aliphatic hydroxyl groups excluding tert-OH is 1. The number of carbonyl (C=O) groups excluding carboxylic acids is 3. The van der Waals surface area contributed by atoms with Crippen LogP contribution in [-0.2, 0) is 27.5 Å². The van der Waals surface area contributed by atoms with Crippen molar-refractivity contribution in [1.29, 1.82) is 0 Å². The Morgan fingerprint density at radius 3 is 2.57 bits per heavy atom. The van der Waals surface area contributed by atoms with Gasteiger partial charge in [-0.2, -0.15) is 0 Å². The molecule has 0 aliphatic carbocycles. The molecule has 3 amide bonds. The molecule has 3 unspecified atom stereocenters. The topological polar surface area (TPSA) is 127 Å². The molecule has 5 rings (SSSR count). The van der Waals surface area contributed by atoms with Crippen LogP contribution in [0.25, 0.3) is 0 Å². The molecule has 2 fully saturated rings. The summed E-state index contributed by atoms with van der Waals surface area (Å²) in [7, 11) is 0. The first-order valence-corrected chi connectivity index (χ1v) is 11.8. The number of nitrogens with one attached hydrogen (secondary N) is 1. The molecule has 0 radical (unpaired) electrons. The Bertz CT molecular complexity index is 1190. The van der Waals surface area contributed by atoms with Crippen molar-refractivity contribution < 1.29 is 29.4 Å². The molecule has 3 heterocycles. The number of piperidine rings is 1. The maximum absolute atomic E-state index is 13.1. The molecule has 2 aromatic rings. The van der Waals surface area contributed by atoms with Crippen LogP contribution in [0.15, 0.2) is 42.5 Å². The molecule has 3 atom stereocenters. The molecule has 3 aliphatic rings. The zero-order chi connectivity index (χ0) is 24.7. The molecule has 0 spiro atoms. The number of aliphatic hydroxyl groups is 1. The maximum Gasteiger partial charge on any atom is 0.320 e. The predicted molar refractivity (Wildman–Crippen MR) is 124 cm³/mol. The van der Waals surface area contributed by atoms with Gasteiger partial charge in [0.2, 0.25) is 11.8 Å². The first kappa shape index (κ1) is 23.2. The second-order valence-electron chi connectivity index (χ2n) is 9.38. The summed E-state index contributed by atoms with van der Waals surface area (Å²) in [4.78, 5) is 51.7. The minimum Gasteiger partial charge on any atom is -0.480 e. The lowest BCUT2D eigenvalue weighted by molar-refractivity contribution is -0.142. The summed E-state index contributed by atoms with van der Waals surface area (Å²) in [6, 6.07) is 11.4. The van der Waals surface area contributed by atoms with E-state index in [1.165, 1.54) is 4.90 Å². The molecule has 2 aromatic carbocycles. The van der Waals surface area contributed by atoms with E-state index in [0.717, 1.165) is 18.5 Å². The van der Waals surface area contributed by atoms with Crippen molar-refractivity contribution in [2.45, 2.75) is 57.0 Å². The fourth-order valence-electron chi connectivity index (χ4n) is 5.38. The Morgan fingerprint density at radius 2 is 1.86 bits per heavy atom. The number of carbonyl (C=O) groups is 4. The van der Waals surface area contributed by atoms with Crippen LogP contribution < -0.4 is 5.32 Å². The number of imide groups is 1. The van der Waals surface area contributed by atoms with Crippen LogP contribution in [-0.4, -0.2) is 62.3 Å². The Morgan fingerprint density at radius 1 is 1.09 bits per heavy atom. The number of hydrogen-bond donors (Lipinski definition) is 3. The largest absolute Gasteiger partial charge is 0.480 e. The Kier molecular flexibility index (Phi) is 6.12. The zero-order valence-electron chi connectivity index (χ0n) is 19.1. The van der Waals surface area contributed by atoms with E-state index in [1.807, 2.05) is 29.2 Å². The number of amides is 3. The second kappa shape index (κ2) is 9.24. The summed E-state index contributed by atoms with van der Waals surface area (Å²) in [5, 5.41) is 22.9. The highest BCUT2D eigenvalue weighted by Crippen LogP contribution is 2.34. The van der Waals surface area contributed by atoms with Crippen molar-refractivity contribution in [2.24, 2.45) is 0 Å². The Labute approximate surface area is 202 Å². The average Bonchev–Trinajstić information content (AvgIpc) is 3.44. The van der Waals surface area contributed by atoms with E-state index in [0.29, 0.717) is 35.2 Å². The summed E-state index contributed by atoms with van der Waals surface area (Å²) in [5.74, 6) is -1.88. The molecule has 35 heavy (non-hydrogen) atoms. The third kappa shape index (κ3) is 4.33. The number of carboxylic acid groups (broad SMARTS) is 1. The van der Waals surface area contributed by atoms with Crippen LogP contribution in [0.3, 0.4) is 0 Å². The minimum absolute atomic E-state index is 0.184. The fourth-order valence-corrected chi connectivity index (χ4v) is 5.38. The van der Waals surface area contributed by atoms with Crippen LogP contribution in [0.1, 0.15) is 64.4 Å². The van der Waals surface area contributed by atoms with E-state index in [2.05, 4.69) is 5.32 Å². The first-order chi connectivity index (χ1) is 16.8. The van der Waals surface area contributed by atoms with Gasteiger partial charge in [0.25, 0.3) is 5.91 Å². The van der Waals surface area contributed by atoms with Crippen LogP contribution in [0, 0.1) is 0 Å². The van der Waals surface area contributed by atoms with Crippen molar-refractivity contribution in [3.05, 3.63) is 70.3 Å². The minimum atomic E-state index is -0.966. The molecule has 3 N–H and O–H groups in total. The van der Waals surface area contributed by atoms with Gasteiger partial charge in [0.1, 0.15) is 18.2 Å². The molecule has 182 valence electrons. The van der Waals surface area contributed by atoms with Crippen molar-refractivity contribution in [1.82, 2.24) is 15.1 Å². The fraction of sp³-hybridized carbons (Fsp3) is 0.385. The quantitative estimate of drug-likeness (QED) is 0.539. The maximum atomic E-state index is 13.1. The van der Waals surface area contributed by atoms with Crippen LogP contribution in [0.5, 0.6) is 0 Å². The number of hydrogen-bond acceptors (Lipinski definition) is 6. The third-order valence-corrected chi connectivity index (χ3v) is 7.24. The first-order valence-electron chi connectivity index (χ1n) is 11.8. The van der Waals surface area contributed by atoms with Crippen molar-refractivity contribution in [2.75, 3.05) is 6.54 Å². The monoisotopic (exact) mass is 477 g/mol. The van der Waals surface area contributed by atoms with Gasteiger partial charge >= 0.3 is 5.97 Å².